The molecule has 6 rings (SSSR count). The van der Waals surface area contributed by atoms with Gasteiger partial charge in [-0.1, -0.05) is 36.4 Å². The molecule has 2 amide bonds. The normalized spacial score (nSPS) is 12.0. The van der Waals surface area contributed by atoms with E-state index in [9.17, 15) is 29.8 Å². The first-order valence-corrected chi connectivity index (χ1v) is 14.0. The van der Waals surface area contributed by atoms with Crippen molar-refractivity contribution in [2.45, 2.75) is 12.8 Å². The maximum atomic E-state index is 13.0. The van der Waals surface area contributed by atoms with Gasteiger partial charge in [-0.25, -0.2) is 0 Å². The third kappa shape index (κ3) is 6.36. The van der Waals surface area contributed by atoms with Crippen LogP contribution in [0.4, 0.5) is 11.4 Å². The second-order valence-electron chi connectivity index (χ2n) is 10.1. The van der Waals surface area contributed by atoms with E-state index in [0.717, 1.165) is 10.8 Å². The lowest BCUT2D eigenvalue weighted by atomic mass is 10.1. The van der Waals surface area contributed by atoms with Crippen LogP contribution in [-0.4, -0.2) is 21.7 Å². The molecular weight excluding hydrogens is 592 g/mol. The van der Waals surface area contributed by atoms with Crippen LogP contribution in [-0.2, 0) is 9.59 Å². The molecule has 0 fully saturated rings. The molecule has 12 heteroatoms. The van der Waals surface area contributed by atoms with E-state index in [0.29, 0.717) is 33.4 Å². The second kappa shape index (κ2) is 12.6. The third-order valence-corrected chi connectivity index (χ3v) is 7.10. The number of rotatable bonds is 7. The first-order valence-electron chi connectivity index (χ1n) is 14.0. The quantitative estimate of drug-likeness (QED) is 0.142. The molecule has 0 aliphatic heterocycles. The van der Waals surface area contributed by atoms with Gasteiger partial charge in [0.25, 0.3) is 11.4 Å². The number of para-hydroxylation sites is 2. The number of nitrogens with zero attached hydrogens (tertiary/aromatic N) is 4. The molecule has 0 radical (unpaired) electrons. The van der Waals surface area contributed by atoms with E-state index in [-0.39, 0.29) is 35.3 Å². The van der Waals surface area contributed by atoms with Gasteiger partial charge in [0.2, 0.25) is 22.9 Å². The first-order chi connectivity index (χ1) is 22.2. The molecule has 0 aliphatic rings. The number of carbonyl (C=O) groups excluding carboxylic acids is 2. The predicted molar refractivity (Wildman–Crippen MR) is 167 cm³/mol. The van der Waals surface area contributed by atoms with E-state index < -0.39 is 21.7 Å². The Bertz CT molecular complexity index is 2140. The van der Waals surface area contributed by atoms with Crippen molar-refractivity contribution < 1.29 is 28.3 Å². The highest BCUT2D eigenvalue weighted by Crippen LogP contribution is 2.25. The fourth-order valence-corrected chi connectivity index (χ4v) is 4.80. The third-order valence-electron chi connectivity index (χ3n) is 7.10. The molecule has 0 spiro atoms. The largest absolute Gasteiger partial charge is 0.438 e. The van der Waals surface area contributed by atoms with Crippen LogP contribution in [0, 0.1) is 20.2 Å². The van der Waals surface area contributed by atoms with E-state index >= 15 is 0 Å². The standard InChI is InChI=1S/C34H22N4O8/c39-31(35-33-27(19-23-5-1-3-7-29(23)45-33)21-9-13-25(14-10-21)37(41)42)17-18-32(40)36-34-28(20-24-6-2-4-8-30(24)46-34)22-11-15-26(16-12-22)38(43)44/h1-16,19-20H,17-18H2. The lowest BCUT2D eigenvalue weighted by Gasteiger charge is -2.05. The number of benzene rings is 4. The minimum atomic E-state index is -0.642. The summed E-state index contributed by atoms with van der Waals surface area (Å²) in [5, 5.41) is 23.7. The molecule has 0 bridgehead atoms. The van der Waals surface area contributed by atoms with Gasteiger partial charge in [-0.05, 0) is 59.7 Å². The Hall–Kier alpha value is -6.56. The average Bonchev–Trinajstić information content (AvgIpc) is 3.07. The molecule has 0 saturated carbocycles. The number of carbonyl (C=O) groups is 2. The topological polar surface area (TPSA) is 171 Å². The maximum absolute atomic E-state index is 13.0. The predicted octanol–water partition coefficient (Wildman–Crippen LogP) is 6.66. The van der Waals surface area contributed by atoms with E-state index in [4.69, 9.17) is 8.83 Å². The smallest absolute Gasteiger partial charge is 0.269 e. The zero-order chi connectivity index (χ0) is 32.2. The fraction of sp³-hybridized carbons (Fsp3) is 0.0588. The van der Waals surface area contributed by atoms with E-state index in [1.165, 1.54) is 24.3 Å². The highest BCUT2D eigenvalue weighted by molar-refractivity contribution is 5.87. The van der Waals surface area contributed by atoms with Crippen molar-refractivity contribution >= 4 is 45.1 Å². The van der Waals surface area contributed by atoms with Crippen molar-refractivity contribution in [2.75, 3.05) is 0 Å². The van der Waals surface area contributed by atoms with Crippen LogP contribution < -0.4 is 11.1 Å². The number of non-ortho nitro benzene ring substituents is 2. The zero-order valence-corrected chi connectivity index (χ0v) is 23.9. The van der Waals surface area contributed by atoms with Crippen LogP contribution in [0.3, 0.4) is 0 Å². The van der Waals surface area contributed by atoms with Gasteiger partial charge in [0.1, 0.15) is 11.2 Å². The van der Waals surface area contributed by atoms with Crippen LogP contribution in [0.2, 0.25) is 0 Å². The number of nitro groups is 2. The Balaban J connectivity index is 1.30. The van der Waals surface area contributed by atoms with E-state index in [1.807, 2.05) is 24.3 Å². The van der Waals surface area contributed by atoms with Crippen LogP contribution in [0.25, 0.3) is 44.2 Å². The van der Waals surface area contributed by atoms with Gasteiger partial charge >= 0.3 is 0 Å². The first kappa shape index (κ1) is 29.5. The molecular formula is C34H22N4O8. The van der Waals surface area contributed by atoms with E-state index in [1.54, 1.807) is 60.7 Å². The Labute approximate surface area is 258 Å². The lowest BCUT2D eigenvalue weighted by molar-refractivity contribution is -0.385. The Kier molecular flexibility index (Phi) is 8.07. The molecule has 226 valence electrons. The van der Waals surface area contributed by atoms with Crippen molar-refractivity contribution in [3.05, 3.63) is 141 Å². The van der Waals surface area contributed by atoms with Gasteiger partial charge in [-0.15, -0.1) is 0 Å². The molecule has 2 heterocycles. The summed E-state index contributed by atoms with van der Waals surface area (Å²) < 4.78 is 11.9. The minimum absolute atomic E-state index is 0.00747. The van der Waals surface area contributed by atoms with Crippen LogP contribution in [0.1, 0.15) is 12.8 Å². The summed E-state index contributed by atoms with van der Waals surface area (Å²) in [5.74, 6) is -1.28. The van der Waals surface area contributed by atoms with Crippen molar-refractivity contribution in [3.63, 3.8) is 0 Å². The number of hydrogen-bond donors (Lipinski definition) is 0. The summed E-state index contributed by atoms with van der Waals surface area (Å²) in [6.45, 7) is 0. The second-order valence-corrected chi connectivity index (χ2v) is 10.1. The number of amides is 2. The average molecular weight is 615 g/mol. The number of fused-ring (bicyclic) bond motifs is 2. The molecule has 2 aromatic heterocycles. The maximum Gasteiger partial charge on any atom is 0.269 e. The Morgan fingerprint density at radius 1 is 0.565 bits per heavy atom. The number of nitro benzene ring substituents is 2. The lowest BCUT2D eigenvalue weighted by Crippen LogP contribution is -2.13. The molecule has 6 aromatic rings. The summed E-state index contributed by atoms with van der Waals surface area (Å²) in [6, 6.07) is 29.4. The summed E-state index contributed by atoms with van der Waals surface area (Å²) in [5.41, 5.74) is 2.75. The van der Waals surface area contributed by atoms with Gasteiger partial charge < -0.3 is 8.83 Å². The van der Waals surface area contributed by atoms with Gasteiger partial charge in [-0.3, -0.25) is 29.8 Å². The van der Waals surface area contributed by atoms with Crippen molar-refractivity contribution in [2.24, 2.45) is 9.98 Å². The highest BCUT2D eigenvalue weighted by atomic mass is 16.6. The summed E-state index contributed by atoms with van der Waals surface area (Å²) >= 11 is 0. The molecule has 12 nitrogen and oxygen atoms in total. The van der Waals surface area contributed by atoms with E-state index in [2.05, 4.69) is 9.98 Å². The Morgan fingerprint density at radius 2 is 0.935 bits per heavy atom. The molecule has 0 aliphatic carbocycles. The monoisotopic (exact) mass is 614 g/mol. The highest BCUT2D eigenvalue weighted by Gasteiger charge is 2.14. The Morgan fingerprint density at radius 3 is 1.30 bits per heavy atom. The molecule has 46 heavy (non-hydrogen) atoms. The molecule has 0 atom stereocenters. The minimum Gasteiger partial charge on any atom is -0.438 e. The molecule has 0 saturated heterocycles. The van der Waals surface area contributed by atoms with Gasteiger partial charge in [0.15, 0.2) is 0 Å². The van der Waals surface area contributed by atoms with Crippen molar-refractivity contribution in [1.82, 2.24) is 0 Å². The molecule has 0 unspecified atom stereocenters. The molecule has 0 N–H and O–H groups in total. The van der Waals surface area contributed by atoms with Crippen molar-refractivity contribution in [1.29, 1.82) is 0 Å². The van der Waals surface area contributed by atoms with Crippen LogP contribution in [0.5, 0.6) is 0 Å². The van der Waals surface area contributed by atoms with Crippen LogP contribution >= 0.6 is 0 Å². The fourth-order valence-electron chi connectivity index (χ4n) is 4.80. The SMILES string of the molecule is O=C(CCC(=O)N=c1oc2ccccc2cc1-c1ccc([N+](=O)[O-])cc1)N=c1oc2ccccc2cc1-c1ccc([N+](=O)[O-])cc1. The number of hydrogen-bond acceptors (Lipinski definition) is 8. The molecule has 4 aromatic carbocycles. The van der Waals surface area contributed by atoms with Gasteiger partial charge in [0.05, 0.1) is 9.85 Å². The van der Waals surface area contributed by atoms with Crippen molar-refractivity contribution in [3.8, 4) is 22.3 Å². The zero-order valence-electron chi connectivity index (χ0n) is 23.9. The van der Waals surface area contributed by atoms with Gasteiger partial charge in [0, 0.05) is 59.0 Å². The van der Waals surface area contributed by atoms with Crippen LogP contribution in [0.15, 0.2) is 128 Å². The summed E-state index contributed by atoms with van der Waals surface area (Å²) in [6.07, 6.45) is -0.574. The van der Waals surface area contributed by atoms with Gasteiger partial charge in [-0.2, -0.15) is 9.98 Å². The summed E-state index contributed by atoms with van der Waals surface area (Å²) in [4.78, 5) is 55.5. The summed E-state index contributed by atoms with van der Waals surface area (Å²) in [7, 11) is 0.